The lowest BCUT2D eigenvalue weighted by Crippen LogP contribution is -2.12. The second-order valence-corrected chi connectivity index (χ2v) is 5.03. The van der Waals surface area contributed by atoms with Gasteiger partial charge in [0.15, 0.2) is 0 Å². The van der Waals surface area contributed by atoms with E-state index < -0.39 is 11.7 Å². The molecule has 0 bridgehead atoms. The van der Waals surface area contributed by atoms with Crippen LogP contribution in [0.2, 0.25) is 0 Å². The second kappa shape index (κ2) is 5.86. The first-order valence-corrected chi connectivity index (χ1v) is 6.55. The van der Waals surface area contributed by atoms with Crippen LogP contribution in [0.5, 0.6) is 0 Å². The number of rotatable bonds is 3. The highest BCUT2D eigenvalue weighted by Crippen LogP contribution is 2.36. The van der Waals surface area contributed by atoms with E-state index in [9.17, 15) is 13.2 Å². The molecule has 112 valence electrons. The minimum Gasteiger partial charge on any atom is -0.340 e. The van der Waals surface area contributed by atoms with Crippen LogP contribution >= 0.6 is 15.9 Å². The Labute approximate surface area is 126 Å². The van der Waals surface area contributed by atoms with Crippen molar-refractivity contribution in [3.63, 3.8) is 0 Å². The zero-order chi connectivity index (χ0) is 15.6. The Hall–Kier alpha value is -1.87. The van der Waals surface area contributed by atoms with E-state index >= 15 is 0 Å². The molecule has 21 heavy (non-hydrogen) atoms. The molecule has 1 heterocycles. The molecule has 1 aromatic heterocycles. The summed E-state index contributed by atoms with van der Waals surface area (Å²) in [6.07, 6.45) is -4.44. The number of nitrogens with zero attached hydrogens (tertiary/aromatic N) is 2. The van der Waals surface area contributed by atoms with Gasteiger partial charge in [-0.05, 0) is 25.1 Å². The van der Waals surface area contributed by atoms with Crippen molar-refractivity contribution in [3.8, 4) is 0 Å². The predicted molar refractivity (Wildman–Crippen MR) is 77.0 cm³/mol. The molecule has 4 N–H and O–H groups in total. The molecule has 0 atom stereocenters. The second-order valence-electron chi connectivity index (χ2n) is 4.18. The third-order valence-corrected chi connectivity index (χ3v) is 3.22. The van der Waals surface area contributed by atoms with Gasteiger partial charge >= 0.3 is 6.18 Å². The molecule has 0 aliphatic rings. The quantitative estimate of drug-likeness (QED) is 0.575. The topological polar surface area (TPSA) is 75.9 Å². The van der Waals surface area contributed by atoms with E-state index in [-0.39, 0.29) is 16.1 Å². The highest BCUT2D eigenvalue weighted by atomic mass is 79.9. The van der Waals surface area contributed by atoms with Crippen LogP contribution in [-0.2, 0) is 6.18 Å². The van der Waals surface area contributed by atoms with Gasteiger partial charge in [-0.25, -0.2) is 10.8 Å². The number of alkyl halides is 3. The van der Waals surface area contributed by atoms with Crippen LogP contribution in [0.1, 0.15) is 11.3 Å². The Balaban J connectivity index is 2.34. The van der Waals surface area contributed by atoms with Gasteiger partial charge in [0, 0.05) is 21.9 Å². The predicted octanol–water partition coefficient (Wildman–Crippen LogP) is 3.60. The van der Waals surface area contributed by atoms with Gasteiger partial charge in [0.25, 0.3) is 0 Å². The summed E-state index contributed by atoms with van der Waals surface area (Å²) in [4.78, 5) is 8.00. The molecule has 2 rings (SSSR count). The Morgan fingerprint density at radius 3 is 2.52 bits per heavy atom. The van der Waals surface area contributed by atoms with E-state index in [0.717, 1.165) is 6.07 Å². The minimum atomic E-state index is -4.44. The molecule has 1 aromatic carbocycles. The van der Waals surface area contributed by atoms with Gasteiger partial charge in [-0.2, -0.15) is 18.2 Å². The van der Waals surface area contributed by atoms with Gasteiger partial charge in [-0.1, -0.05) is 15.9 Å². The number of halogens is 4. The number of benzene rings is 1. The summed E-state index contributed by atoms with van der Waals surface area (Å²) in [5, 5.41) is 2.79. The number of hydrazine groups is 1. The van der Waals surface area contributed by atoms with Crippen molar-refractivity contribution < 1.29 is 13.2 Å². The summed E-state index contributed by atoms with van der Waals surface area (Å²) in [5.74, 6) is 5.74. The standard InChI is InChI=1S/C12H11BrF3N5/c1-6-4-10(20-11(18-6)21-17)19-7-2-3-9(13)8(5-7)12(14,15)16/h2-5H,17H2,1H3,(H2,18,19,20,21). The SMILES string of the molecule is Cc1cc(Nc2ccc(Br)c(C(F)(F)F)c2)nc(NN)n1. The monoisotopic (exact) mass is 361 g/mol. The van der Waals surface area contributed by atoms with Gasteiger partial charge in [0.1, 0.15) is 5.82 Å². The molecule has 0 radical (unpaired) electrons. The maximum Gasteiger partial charge on any atom is 0.417 e. The van der Waals surface area contributed by atoms with Gasteiger partial charge < -0.3 is 5.32 Å². The maximum atomic E-state index is 12.8. The van der Waals surface area contributed by atoms with E-state index in [4.69, 9.17) is 5.84 Å². The molecule has 2 aromatic rings. The summed E-state index contributed by atoms with van der Waals surface area (Å²) < 4.78 is 38.5. The average Bonchev–Trinajstić information content (AvgIpc) is 2.39. The van der Waals surface area contributed by atoms with Crippen LogP contribution in [0, 0.1) is 6.92 Å². The fraction of sp³-hybridized carbons (Fsp3) is 0.167. The van der Waals surface area contributed by atoms with Gasteiger partial charge in [0.2, 0.25) is 5.95 Å². The molecule has 9 heteroatoms. The molecule has 0 amide bonds. The number of anilines is 3. The van der Waals surface area contributed by atoms with Gasteiger partial charge in [-0.3, -0.25) is 5.43 Å². The van der Waals surface area contributed by atoms with E-state index in [2.05, 4.69) is 36.6 Å². The van der Waals surface area contributed by atoms with E-state index in [1.807, 2.05) is 0 Å². The molecule has 0 saturated carbocycles. The maximum absolute atomic E-state index is 12.8. The summed E-state index contributed by atoms with van der Waals surface area (Å²) in [6.45, 7) is 1.72. The van der Waals surface area contributed by atoms with Crippen molar-refractivity contribution in [1.29, 1.82) is 0 Å². The van der Waals surface area contributed by atoms with Crippen LogP contribution < -0.4 is 16.6 Å². The molecule has 0 aliphatic carbocycles. The summed E-state index contributed by atoms with van der Waals surface area (Å²) in [6, 6.07) is 5.42. The smallest absolute Gasteiger partial charge is 0.340 e. The zero-order valence-electron chi connectivity index (χ0n) is 10.8. The summed E-state index contributed by atoms with van der Waals surface area (Å²) in [7, 11) is 0. The molecule has 0 unspecified atom stereocenters. The van der Waals surface area contributed by atoms with Crippen molar-refractivity contribution >= 4 is 33.4 Å². The van der Waals surface area contributed by atoms with Gasteiger partial charge in [0.05, 0.1) is 5.56 Å². The number of aromatic nitrogens is 2. The van der Waals surface area contributed by atoms with E-state index in [0.29, 0.717) is 11.5 Å². The van der Waals surface area contributed by atoms with Crippen molar-refractivity contribution in [2.24, 2.45) is 5.84 Å². The number of nitrogen functional groups attached to an aromatic ring is 1. The molecular formula is C12H11BrF3N5. The van der Waals surface area contributed by atoms with Crippen LogP contribution in [0.15, 0.2) is 28.7 Å². The summed E-state index contributed by atoms with van der Waals surface area (Å²) >= 11 is 2.89. The Morgan fingerprint density at radius 2 is 1.90 bits per heavy atom. The Morgan fingerprint density at radius 1 is 1.19 bits per heavy atom. The molecule has 5 nitrogen and oxygen atoms in total. The normalized spacial score (nSPS) is 11.3. The molecule has 0 aliphatic heterocycles. The zero-order valence-corrected chi connectivity index (χ0v) is 12.4. The number of hydrogen-bond acceptors (Lipinski definition) is 5. The number of aryl methyl sites for hydroxylation is 1. The largest absolute Gasteiger partial charge is 0.417 e. The highest BCUT2D eigenvalue weighted by Gasteiger charge is 2.33. The highest BCUT2D eigenvalue weighted by molar-refractivity contribution is 9.10. The fourth-order valence-electron chi connectivity index (χ4n) is 1.67. The Bertz CT molecular complexity index is 660. The fourth-order valence-corrected chi connectivity index (χ4v) is 2.14. The third kappa shape index (κ3) is 3.82. The average molecular weight is 362 g/mol. The van der Waals surface area contributed by atoms with Crippen LogP contribution in [0.4, 0.5) is 30.6 Å². The van der Waals surface area contributed by atoms with Crippen molar-refractivity contribution in [2.45, 2.75) is 13.1 Å². The van der Waals surface area contributed by atoms with Gasteiger partial charge in [-0.15, -0.1) is 0 Å². The Kier molecular flexibility index (Phi) is 4.33. The van der Waals surface area contributed by atoms with E-state index in [1.165, 1.54) is 12.1 Å². The minimum absolute atomic E-state index is 0.0243. The first-order valence-electron chi connectivity index (χ1n) is 5.75. The first kappa shape index (κ1) is 15.5. The molecule has 0 fully saturated rings. The summed E-state index contributed by atoms with van der Waals surface area (Å²) in [5.41, 5.74) is 2.40. The number of hydrogen-bond donors (Lipinski definition) is 3. The molecule has 0 saturated heterocycles. The van der Waals surface area contributed by atoms with E-state index in [1.54, 1.807) is 13.0 Å². The number of nitrogens with one attached hydrogen (secondary N) is 2. The third-order valence-electron chi connectivity index (χ3n) is 2.53. The van der Waals surface area contributed by atoms with Crippen molar-refractivity contribution in [3.05, 3.63) is 40.0 Å². The van der Waals surface area contributed by atoms with Crippen LogP contribution in [-0.4, -0.2) is 9.97 Å². The van der Waals surface area contributed by atoms with Crippen molar-refractivity contribution in [2.75, 3.05) is 10.7 Å². The number of nitrogens with two attached hydrogens (primary N) is 1. The molecular weight excluding hydrogens is 351 g/mol. The lowest BCUT2D eigenvalue weighted by molar-refractivity contribution is -0.138. The lowest BCUT2D eigenvalue weighted by atomic mass is 10.2. The molecule has 0 spiro atoms. The first-order chi connectivity index (χ1) is 9.79. The van der Waals surface area contributed by atoms with Crippen molar-refractivity contribution in [1.82, 2.24) is 9.97 Å². The lowest BCUT2D eigenvalue weighted by Gasteiger charge is -2.13. The van der Waals surface area contributed by atoms with Crippen LogP contribution in [0.3, 0.4) is 0 Å². The van der Waals surface area contributed by atoms with Crippen LogP contribution in [0.25, 0.3) is 0 Å².